The summed E-state index contributed by atoms with van der Waals surface area (Å²) in [6, 6.07) is 13.0. The molecule has 3 aromatic rings. The number of aromatic carboxylic acids is 1. The van der Waals surface area contributed by atoms with Gasteiger partial charge in [-0.1, -0.05) is 18.2 Å². The highest BCUT2D eigenvalue weighted by Gasteiger charge is 2.13. The molecule has 0 fully saturated rings. The number of carboxylic acids is 1. The Kier molecular flexibility index (Phi) is 3.94. The van der Waals surface area contributed by atoms with Crippen LogP contribution in [-0.2, 0) is 9.84 Å². The summed E-state index contributed by atoms with van der Waals surface area (Å²) in [7, 11) is -3.25. The lowest BCUT2D eigenvalue weighted by atomic mass is 10.0. The Morgan fingerprint density at radius 3 is 2.38 bits per heavy atom. The van der Waals surface area contributed by atoms with Crippen LogP contribution in [0.4, 0.5) is 0 Å². The molecule has 0 aliphatic carbocycles. The van der Waals surface area contributed by atoms with Gasteiger partial charge < -0.3 is 5.11 Å². The van der Waals surface area contributed by atoms with E-state index in [2.05, 4.69) is 5.10 Å². The van der Waals surface area contributed by atoms with Crippen LogP contribution in [0.1, 0.15) is 10.4 Å². The summed E-state index contributed by atoms with van der Waals surface area (Å²) in [6.07, 6.45) is 4.43. The van der Waals surface area contributed by atoms with Crippen molar-refractivity contribution in [2.45, 2.75) is 4.90 Å². The molecule has 0 bridgehead atoms. The van der Waals surface area contributed by atoms with Crippen LogP contribution in [0.3, 0.4) is 0 Å². The van der Waals surface area contributed by atoms with Crippen LogP contribution in [0.15, 0.2) is 65.8 Å². The molecule has 24 heavy (non-hydrogen) atoms. The van der Waals surface area contributed by atoms with Crippen molar-refractivity contribution in [1.82, 2.24) is 9.78 Å². The van der Waals surface area contributed by atoms with Gasteiger partial charge in [-0.25, -0.2) is 17.9 Å². The third-order valence-corrected chi connectivity index (χ3v) is 4.71. The second kappa shape index (κ2) is 5.93. The molecular weight excluding hydrogens is 328 g/mol. The number of carbonyl (C=O) groups is 1. The summed E-state index contributed by atoms with van der Waals surface area (Å²) in [6.45, 7) is 0. The van der Waals surface area contributed by atoms with Gasteiger partial charge in [0.05, 0.1) is 22.3 Å². The van der Waals surface area contributed by atoms with Crippen LogP contribution in [0.5, 0.6) is 0 Å². The minimum absolute atomic E-state index is 0.199. The lowest BCUT2D eigenvalue weighted by molar-refractivity contribution is 0.0697. The van der Waals surface area contributed by atoms with Gasteiger partial charge in [0.15, 0.2) is 9.84 Å². The van der Waals surface area contributed by atoms with E-state index in [1.165, 1.54) is 18.2 Å². The molecule has 2 aromatic carbocycles. The van der Waals surface area contributed by atoms with E-state index in [9.17, 15) is 18.3 Å². The van der Waals surface area contributed by atoms with Gasteiger partial charge in [-0.3, -0.25) is 0 Å². The zero-order valence-corrected chi connectivity index (χ0v) is 13.6. The van der Waals surface area contributed by atoms with Gasteiger partial charge in [-0.15, -0.1) is 0 Å². The summed E-state index contributed by atoms with van der Waals surface area (Å²) < 4.78 is 24.6. The first-order valence-corrected chi connectivity index (χ1v) is 8.93. The van der Waals surface area contributed by atoms with E-state index in [0.29, 0.717) is 16.8 Å². The molecule has 122 valence electrons. The highest BCUT2D eigenvalue weighted by molar-refractivity contribution is 7.90. The van der Waals surface area contributed by atoms with Crippen LogP contribution < -0.4 is 0 Å². The lowest BCUT2D eigenvalue weighted by Gasteiger charge is -2.04. The van der Waals surface area contributed by atoms with E-state index < -0.39 is 15.8 Å². The Labute approximate surface area is 138 Å². The Bertz CT molecular complexity index is 1010. The van der Waals surface area contributed by atoms with E-state index in [1.54, 1.807) is 47.4 Å². The van der Waals surface area contributed by atoms with Gasteiger partial charge in [0.1, 0.15) is 0 Å². The van der Waals surface area contributed by atoms with E-state index in [-0.39, 0.29) is 10.5 Å². The summed E-state index contributed by atoms with van der Waals surface area (Å²) in [5.74, 6) is -1.00. The Morgan fingerprint density at radius 2 is 1.75 bits per heavy atom. The highest BCUT2D eigenvalue weighted by atomic mass is 32.2. The fourth-order valence-corrected chi connectivity index (χ4v) is 3.00. The maximum Gasteiger partial charge on any atom is 0.336 e. The molecule has 1 aromatic heterocycles. The van der Waals surface area contributed by atoms with Gasteiger partial charge in [-0.05, 0) is 35.9 Å². The van der Waals surface area contributed by atoms with Crippen molar-refractivity contribution in [3.63, 3.8) is 0 Å². The first-order valence-electron chi connectivity index (χ1n) is 7.04. The molecule has 7 heteroatoms. The van der Waals surface area contributed by atoms with Crippen molar-refractivity contribution in [3.05, 3.63) is 66.5 Å². The number of benzene rings is 2. The number of carboxylic acid groups (broad SMARTS) is 1. The molecule has 6 nitrogen and oxygen atoms in total. The summed E-state index contributed by atoms with van der Waals surface area (Å²) in [4.78, 5) is 11.6. The molecule has 3 rings (SSSR count). The monoisotopic (exact) mass is 342 g/mol. The molecule has 0 aliphatic rings. The molecule has 0 amide bonds. The van der Waals surface area contributed by atoms with Crippen LogP contribution in [0.25, 0.3) is 16.8 Å². The first kappa shape index (κ1) is 15.9. The number of hydrogen-bond acceptors (Lipinski definition) is 4. The maximum atomic E-state index is 11.5. The fraction of sp³-hybridized carbons (Fsp3) is 0.0588. The predicted octanol–water partition coefficient (Wildman–Crippen LogP) is 2.64. The molecule has 0 atom stereocenters. The van der Waals surface area contributed by atoms with Crippen LogP contribution in [0.2, 0.25) is 0 Å². The third-order valence-electron chi connectivity index (χ3n) is 3.58. The van der Waals surface area contributed by atoms with Crippen LogP contribution >= 0.6 is 0 Å². The van der Waals surface area contributed by atoms with Crippen molar-refractivity contribution in [1.29, 1.82) is 0 Å². The Hall–Kier alpha value is -2.93. The second-order valence-electron chi connectivity index (χ2n) is 5.29. The van der Waals surface area contributed by atoms with Crippen molar-refractivity contribution in [2.75, 3.05) is 6.26 Å². The molecule has 0 spiro atoms. The summed E-state index contributed by atoms with van der Waals surface area (Å²) >= 11 is 0. The Morgan fingerprint density at radius 1 is 1.08 bits per heavy atom. The van der Waals surface area contributed by atoms with E-state index in [1.807, 2.05) is 0 Å². The number of nitrogens with zero attached hydrogens (tertiary/aromatic N) is 2. The standard InChI is InChI=1S/C17H14N2O4S/c1-24(22,23)14-8-6-13(7-9-14)19-11-12(10-18-19)15-4-2-3-5-16(15)17(20)21/h2-11H,1H3,(H,20,21). The molecule has 0 saturated heterocycles. The molecular formula is C17H14N2O4S. The molecule has 0 unspecified atom stereocenters. The Balaban J connectivity index is 1.99. The van der Waals surface area contributed by atoms with Crippen molar-refractivity contribution in [3.8, 4) is 16.8 Å². The smallest absolute Gasteiger partial charge is 0.336 e. The second-order valence-corrected chi connectivity index (χ2v) is 7.31. The zero-order chi connectivity index (χ0) is 17.3. The summed E-state index contributed by atoms with van der Waals surface area (Å²) in [5.41, 5.74) is 2.12. The minimum Gasteiger partial charge on any atom is -0.478 e. The maximum absolute atomic E-state index is 11.5. The third kappa shape index (κ3) is 3.07. The quantitative estimate of drug-likeness (QED) is 0.787. The normalized spacial score (nSPS) is 11.4. The van der Waals surface area contributed by atoms with Gasteiger partial charge in [0, 0.05) is 18.0 Å². The lowest BCUT2D eigenvalue weighted by Crippen LogP contribution is -1.99. The van der Waals surface area contributed by atoms with Crippen molar-refractivity contribution in [2.24, 2.45) is 0 Å². The molecule has 1 heterocycles. The minimum atomic E-state index is -3.25. The highest BCUT2D eigenvalue weighted by Crippen LogP contribution is 2.24. The average Bonchev–Trinajstić information content (AvgIpc) is 3.04. The topological polar surface area (TPSA) is 89.3 Å². The van der Waals surface area contributed by atoms with Crippen LogP contribution in [0, 0.1) is 0 Å². The molecule has 0 radical (unpaired) electrons. The van der Waals surface area contributed by atoms with Crippen LogP contribution in [-0.4, -0.2) is 35.5 Å². The fourth-order valence-electron chi connectivity index (χ4n) is 2.37. The number of sulfone groups is 1. The first-order chi connectivity index (χ1) is 11.4. The van der Waals surface area contributed by atoms with Gasteiger partial charge in [0.25, 0.3) is 0 Å². The van der Waals surface area contributed by atoms with Crippen molar-refractivity contribution < 1.29 is 18.3 Å². The number of hydrogen-bond donors (Lipinski definition) is 1. The van der Waals surface area contributed by atoms with Gasteiger partial charge >= 0.3 is 5.97 Å². The van der Waals surface area contributed by atoms with Gasteiger partial charge in [-0.2, -0.15) is 5.10 Å². The van der Waals surface area contributed by atoms with E-state index >= 15 is 0 Å². The number of rotatable bonds is 4. The predicted molar refractivity (Wildman–Crippen MR) is 89.1 cm³/mol. The SMILES string of the molecule is CS(=O)(=O)c1ccc(-n2cc(-c3ccccc3C(=O)O)cn2)cc1. The molecule has 0 saturated carbocycles. The summed E-state index contributed by atoms with van der Waals surface area (Å²) in [5, 5.41) is 13.5. The molecule has 0 aliphatic heterocycles. The van der Waals surface area contributed by atoms with E-state index in [0.717, 1.165) is 6.26 Å². The zero-order valence-electron chi connectivity index (χ0n) is 12.7. The van der Waals surface area contributed by atoms with Crippen molar-refractivity contribution >= 4 is 15.8 Å². The average molecular weight is 342 g/mol. The molecule has 1 N–H and O–H groups in total. The van der Waals surface area contributed by atoms with Gasteiger partial charge in [0.2, 0.25) is 0 Å². The largest absolute Gasteiger partial charge is 0.478 e. The number of aromatic nitrogens is 2. The van der Waals surface area contributed by atoms with E-state index in [4.69, 9.17) is 0 Å².